The Morgan fingerprint density at radius 3 is 1.29 bits per heavy atom. The molecule has 1 aliphatic carbocycles. The third kappa shape index (κ3) is 4.36. The average Bonchev–Trinajstić information content (AvgIpc) is 2.70. The van der Waals surface area contributed by atoms with Crippen LogP contribution in [0.25, 0.3) is 11.1 Å². The van der Waals surface area contributed by atoms with Crippen LogP contribution < -0.4 is 103 Å². The molecular formula is C13H10K2O7S2. The van der Waals surface area contributed by atoms with E-state index in [1.54, 1.807) is 0 Å². The zero-order valence-electron chi connectivity index (χ0n) is 14.7. The fourth-order valence-electron chi connectivity index (χ4n) is 2.36. The van der Waals surface area contributed by atoms with Gasteiger partial charge in [-0.1, -0.05) is 12.1 Å². The predicted molar refractivity (Wildman–Crippen MR) is 77.2 cm³/mol. The zero-order valence-corrected chi connectivity index (χ0v) is 20.6. The minimum Gasteiger partial charge on any atom is -1.00 e. The van der Waals surface area contributed by atoms with Gasteiger partial charge in [0.1, 0.15) is 0 Å². The maximum atomic E-state index is 12.3. The van der Waals surface area contributed by atoms with E-state index in [1.165, 1.54) is 12.1 Å². The van der Waals surface area contributed by atoms with E-state index in [0.29, 0.717) is 11.1 Å². The first-order valence-electron chi connectivity index (χ1n) is 5.87. The molecule has 0 saturated heterocycles. The van der Waals surface area contributed by atoms with Gasteiger partial charge in [-0.2, -0.15) is 16.8 Å². The minimum atomic E-state index is -4.45. The molecule has 0 aliphatic heterocycles. The molecule has 0 aromatic heterocycles. The Morgan fingerprint density at radius 1 is 0.667 bits per heavy atom. The van der Waals surface area contributed by atoms with E-state index >= 15 is 0 Å². The van der Waals surface area contributed by atoms with Gasteiger partial charge >= 0.3 is 103 Å². The molecular weight excluding hydrogens is 410 g/mol. The fourth-order valence-corrected chi connectivity index (χ4v) is 3.37. The Hall–Kier alpha value is 1.20. The van der Waals surface area contributed by atoms with Crippen LogP contribution in [0.1, 0.15) is 18.8 Å². The monoisotopic (exact) mass is 420 g/mol. The molecule has 0 spiro atoms. The number of carbonyl (C=O) groups excluding carboxylic acids is 1. The van der Waals surface area contributed by atoms with E-state index < -0.39 is 35.8 Å². The summed E-state index contributed by atoms with van der Waals surface area (Å²) in [4.78, 5) is 11.4. The number of fused-ring (bicyclic) bond motifs is 3. The molecule has 2 aromatic rings. The number of rotatable bonds is 2. The number of hydrogen-bond donors (Lipinski definition) is 2. The van der Waals surface area contributed by atoms with Crippen molar-refractivity contribution in [2.45, 2.75) is 9.79 Å². The van der Waals surface area contributed by atoms with Crippen LogP contribution >= 0.6 is 0 Å². The van der Waals surface area contributed by atoms with Crippen LogP contribution in [0.15, 0.2) is 46.2 Å². The maximum absolute atomic E-state index is 12.3. The van der Waals surface area contributed by atoms with Gasteiger partial charge in [-0.25, -0.2) is 0 Å². The van der Waals surface area contributed by atoms with Gasteiger partial charge in [0.15, 0.2) is 5.78 Å². The first kappa shape index (κ1) is 23.2. The van der Waals surface area contributed by atoms with E-state index in [0.717, 1.165) is 24.3 Å². The zero-order chi connectivity index (χ0) is 16.3. The van der Waals surface area contributed by atoms with Crippen LogP contribution in [0.2, 0.25) is 0 Å². The van der Waals surface area contributed by atoms with Crippen LogP contribution in [-0.2, 0) is 20.2 Å². The van der Waals surface area contributed by atoms with E-state index in [-0.39, 0.29) is 117 Å². The Bertz CT molecular complexity index is 971. The Balaban J connectivity index is 0. The first-order valence-corrected chi connectivity index (χ1v) is 8.75. The van der Waals surface area contributed by atoms with E-state index in [4.69, 9.17) is 9.11 Å². The van der Waals surface area contributed by atoms with Gasteiger partial charge in [-0.15, -0.1) is 0 Å². The number of carbonyl (C=O) groups is 1. The third-order valence-electron chi connectivity index (χ3n) is 3.36. The SMILES string of the molecule is O=C1c2cc(S(=O)(=O)O)ccc2-c2ccc(S(=O)(=O)O)cc21.[H-].[H-].[K+].[K+]. The van der Waals surface area contributed by atoms with E-state index in [9.17, 15) is 21.6 Å². The van der Waals surface area contributed by atoms with E-state index in [1.807, 2.05) is 0 Å². The summed E-state index contributed by atoms with van der Waals surface area (Å²) in [5.41, 5.74) is 0.929. The Morgan fingerprint density at radius 2 is 1.00 bits per heavy atom. The van der Waals surface area contributed by atoms with Crippen molar-refractivity contribution in [3.63, 3.8) is 0 Å². The van der Waals surface area contributed by atoms with Gasteiger partial charge in [-0.05, 0) is 35.4 Å². The van der Waals surface area contributed by atoms with Crippen molar-refractivity contribution in [1.29, 1.82) is 0 Å². The van der Waals surface area contributed by atoms with Crippen molar-refractivity contribution >= 4 is 26.0 Å². The van der Waals surface area contributed by atoms with Crippen molar-refractivity contribution < 1.29 is 136 Å². The van der Waals surface area contributed by atoms with Crippen molar-refractivity contribution in [2.24, 2.45) is 0 Å². The summed E-state index contributed by atoms with van der Waals surface area (Å²) in [6.07, 6.45) is 0. The molecule has 24 heavy (non-hydrogen) atoms. The van der Waals surface area contributed by atoms with Gasteiger partial charge in [0.2, 0.25) is 0 Å². The van der Waals surface area contributed by atoms with Crippen LogP contribution in [0.5, 0.6) is 0 Å². The average molecular weight is 421 g/mol. The summed E-state index contributed by atoms with van der Waals surface area (Å²) < 4.78 is 62.6. The molecule has 0 radical (unpaired) electrons. The molecule has 0 atom stereocenters. The summed E-state index contributed by atoms with van der Waals surface area (Å²) in [7, 11) is -8.91. The summed E-state index contributed by atoms with van der Waals surface area (Å²) in [6, 6.07) is 7.06. The normalized spacial score (nSPS) is 12.7. The van der Waals surface area contributed by atoms with E-state index in [2.05, 4.69) is 0 Å². The Labute approximate surface area is 226 Å². The fraction of sp³-hybridized carbons (Fsp3) is 0. The van der Waals surface area contributed by atoms with Gasteiger partial charge in [0, 0.05) is 11.1 Å². The minimum absolute atomic E-state index is 0. The standard InChI is InChI=1S/C13H8O7S2.2K.2H/c14-13-11-5-7(21(15,16)17)1-3-9(11)10-4-2-8(6-12(10)13)22(18,19)20;;;;/h1-6H,(H,15,16,17)(H,18,19,20);;;;/q;2*+1;2*-1. The molecule has 0 heterocycles. The van der Waals surface area contributed by atoms with Crippen LogP contribution in [0, 0.1) is 0 Å². The van der Waals surface area contributed by atoms with Crippen molar-refractivity contribution in [3.8, 4) is 11.1 Å². The van der Waals surface area contributed by atoms with Crippen LogP contribution in [0.4, 0.5) is 0 Å². The second-order valence-corrected chi connectivity index (χ2v) is 7.54. The Kier molecular flexibility index (Phi) is 7.81. The molecule has 0 amide bonds. The second kappa shape index (κ2) is 8.06. The smallest absolute Gasteiger partial charge is 1.00 e. The molecule has 2 N–H and O–H groups in total. The second-order valence-electron chi connectivity index (χ2n) is 4.69. The molecule has 1 aliphatic rings. The van der Waals surface area contributed by atoms with Gasteiger partial charge in [-0.3, -0.25) is 13.9 Å². The van der Waals surface area contributed by atoms with Crippen LogP contribution in [-0.4, -0.2) is 31.7 Å². The predicted octanol–water partition coefficient (Wildman–Crippen LogP) is -4.38. The first-order chi connectivity index (χ1) is 10.1. The molecule has 118 valence electrons. The van der Waals surface area contributed by atoms with Gasteiger partial charge in [0.05, 0.1) is 9.79 Å². The van der Waals surface area contributed by atoms with Crippen molar-refractivity contribution in [3.05, 3.63) is 47.5 Å². The topological polar surface area (TPSA) is 126 Å². The summed E-state index contributed by atoms with van der Waals surface area (Å²) in [6.45, 7) is 0. The molecule has 0 unspecified atom stereocenters. The number of benzene rings is 2. The quantitative estimate of drug-likeness (QED) is 0.317. The molecule has 0 saturated carbocycles. The van der Waals surface area contributed by atoms with Gasteiger partial charge in [0.25, 0.3) is 20.2 Å². The molecule has 0 bridgehead atoms. The summed E-state index contributed by atoms with van der Waals surface area (Å²) in [5, 5.41) is 0. The molecule has 0 fully saturated rings. The third-order valence-corrected chi connectivity index (χ3v) is 5.06. The molecule has 2 aromatic carbocycles. The number of hydrogen-bond acceptors (Lipinski definition) is 5. The van der Waals surface area contributed by atoms with Crippen molar-refractivity contribution in [2.75, 3.05) is 0 Å². The van der Waals surface area contributed by atoms with Crippen LogP contribution in [0.3, 0.4) is 0 Å². The molecule has 11 heteroatoms. The maximum Gasteiger partial charge on any atom is 1.00 e. The summed E-state index contributed by atoms with van der Waals surface area (Å²) in [5.74, 6) is -0.582. The number of ketones is 1. The molecule has 3 rings (SSSR count). The summed E-state index contributed by atoms with van der Waals surface area (Å²) >= 11 is 0. The molecule has 7 nitrogen and oxygen atoms in total. The largest absolute Gasteiger partial charge is 1.00 e. The van der Waals surface area contributed by atoms with Gasteiger partial charge < -0.3 is 2.85 Å². The van der Waals surface area contributed by atoms with Crippen molar-refractivity contribution in [1.82, 2.24) is 0 Å².